The molecule has 1 heterocycles. The molecule has 0 spiro atoms. The Bertz CT molecular complexity index is 920. The molecule has 0 radical (unpaired) electrons. The molecule has 0 bridgehead atoms. The standard InChI is InChI=1S/C20H21ClN4O/c1-14-9-15(2)25(24-14)13-17-6-4-8-19(11-17)23-20(26)22-12-16-5-3-7-18(21)10-16/h3-11H,12-13H2,1-2H3,(H2,22,23,26). The van der Waals surface area contributed by atoms with Crippen LogP contribution in [0.15, 0.2) is 54.6 Å². The van der Waals surface area contributed by atoms with Crippen molar-refractivity contribution >= 4 is 23.3 Å². The second kappa shape index (κ2) is 8.06. The van der Waals surface area contributed by atoms with Crippen LogP contribution in [0.2, 0.25) is 5.02 Å². The molecule has 0 aliphatic heterocycles. The van der Waals surface area contributed by atoms with E-state index in [2.05, 4.69) is 15.7 Å². The number of urea groups is 1. The number of halogens is 1. The van der Waals surface area contributed by atoms with Crippen LogP contribution in [0.5, 0.6) is 0 Å². The summed E-state index contributed by atoms with van der Waals surface area (Å²) < 4.78 is 1.95. The SMILES string of the molecule is Cc1cc(C)n(Cc2cccc(NC(=O)NCc3cccc(Cl)c3)c2)n1. The largest absolute Gasteiger partial charge is 0.334 e. The number of nitrogens with zero attached hydrogens (tertiary/aromatic N) is 2. The summed E-state index contributed by atoms with van der Waals surface area (Å²) in [5, 5.41) is 10.8. The van der Waals surface area contributed by atoms with E-state index in [1.54, 1.807) is 6.07 Å². The van der Waals surface area contributed by atoms with Gasteiger partial charge in [0.15, 0.2) is 0 Å². The lowest BCUT2D eigenvalue weighted by Crippen LogP contribution is -2.28. The van der Waals surface area contributed by atoms with E-state index < -0.39 is 0 Å². The minimum Gasteiger partial charge on any atom is -0.334 e. The Kier molecular flexibility index (Phi) is 5.58. The predicted octanol–water partition coefficient (Wildman–Crippen LogP) is 4.52. The second-order valence-electron chi connectivity index (χ2n) is 6.22. The van der Waals surface area contributed by atoms with Crippen LogP contribution in [-0.2, 0) is 13.1 Å². The minimum absolute atomic E-state index is 0.256. The molecule has 3 rings (SSSR count). The van der Waals surface area contributed by atoms with E-state index in [0.29, 0.717) is 18.1 Å². The highest BCUT2D eigenvalue weighted by molar-refractivity contribution is 6.30. The van der Waals surface area contributed by atoms with Crippen molar-refractivity contribution in [2.24, 2.45) is 0 Å². The lowest BCUT2D eigenvalue weighted by Gasteiger charge is -2.10. The molecule has 5 nitrogen and oxygen atoms in total. The molecule has 0 atom stereocenters. The van der Waals surface area contributed by atoms with Crippen molar-refractivity contribution in [3.8, 4) is 0 Å². The van der Waals surface area contributed by atoms with Crippen LogP contribution in [-0.4, -0.2) is 15.8 Å². The normalized spacial score (nSPS) is 10.6. The number of amides is 2. The number of aryl methyl sites for hydroxylation is 2. The Morgan fingerprint density at radius 3 is 2.58 bits per heavy atom. The van der Waals surface area contributed by atoms with E-state index in [1.807, 2.05) is 67.1 Å². The Balaban J connectivity index is 1.59. The summed E-state index contributed by atoms with van der Waals surface area (Å²) >= 11 is 5.95. The predicted molar refractivity (Wildman–Crippen MR) is 105 cm³/mol. The first-order chi connectivity index (χ1) is 12.5. The Morgan fingerprint density at radius 1 is 1.08 bits per heavy atom. The van der Waals surface area contributed by atoms with Crippen LogP contribution in [0.1, 0.15) is 22.5 Å². The molecule has 26 heavy (non-hydrogen) atoms. The lowest BCUT2D eigenvalue weighted by molar-refractivity contribution is 0.251. The van der Waals surface area contributed by atoms with Gasteiger partial charge in [-0.3, -0.25) is 4.68 Å². The number of aromatic nitrogens is 2. The third kappa shape index (κ3) is 4.86. The van der Waals surface area contributed by atoms with Gasteiger partial charge < -0.3 is 10.6 Å². The Hall–Kier alpha value is -2.79. The fourth-order valence-electron chi connectivity index (χ4n) is 2.76. The van der Waals surface area contributed by atoms with Crippen molar-refractivity contribution in [1.82, 2.24) is 15.1 Å². The Labute approximate surface area is 158 Å². The van der Waals surface area contributed by atoms with Gasteiger partial charge in [-0.15, -0.1) is 0 Å². The average molecular weight is 369 g/mol. The zero-order valence-corrected chi connectivity index (χ0v) is 15.5. The van der Waals surface area contributed by atoms with Gasteiger partial charge in [-0.25, -0.2) is 4.79 Å². The number of carbonyl (C=O) groups excluding carboxylic acids is 1. The number of anilines is 1. The van der Waals surface area contributed by atoms with Gasteiger partial charge in [0.1, 0.15) is 0 Å². The summed E-state index contributed by atoms with van der Waals surface area (Å²) in [7, 11) is 0. The van der Waals surface area contributed by atoms with E-state index in [4.69, 9.17) is 11.6 Å². The monoisotopic (exact) mass is 368 g/mol. The van der Waals surface area contributed by atoms with Crippen molar-refractivity contribution in [2.75, 3.05) is 5.32 Å². The molecule has 2 amide bonds. The third-order valence-electron chi connectivity index (χ3n) is 3.96. The number of nitrogens with one attached hydrogen (secondary N) is 2. The van der Waals surface area contributed by atoms with Gasteiger partial charge >= 0.3 is 6.03 Å². The van der Waals surface area contributed by atoms with Gasteiger partial charge in [0.05, 0.1) is 12.2 Å². The molecular weight excluding hydrogens is 348 g/mol. The molecule has 0 aliphatic carbocycles. The van der Waals surface area contributed by atoms with Crippen molar-refractivity contribution in [1.29, 1.82) is 0 Å². The van der Waals surface area contributed by atoms with Crippen LogP contribution in [0.25, 0.3) is 0 Å². The molecule has 6 heteroatoms. The zero-order chi connectivity index (χ0) is 18.5. The van der Waals surface area contributed by atoms with E-state index in [-0.39, 0.29) is 6.03 Å². The van der Waals surface area contributed by atoms with E-state index in [9.17, 15) is 4.79 Å². The van der Waals surface area contributed by atoms with Gasteiger partial charge in [0.2, 0.25) is 0 Å². The van der Waals surface area contributed by atoms with E-state index >= 15 is 0 Å². The van der Waals surface area contributed by atoms with Crippen LogP contribution in [0.4, 0.5) is 10.5 Å². The zero-order valence-electron chi connectivity index (χ0n) is 14.8. The third-order valence-corrected chi connectivity index (χ3v) is 4.20. The quantitative estimate of drug-likeness (QED) is 0.695. The highest BCUT2D eigenvalue weighted by Crippen LogP contribution is 2.14. The number of hydrogen-bond donors (Lipinski definition) is 2. The first-order valence-electron chi connectivity index (χ1n) is 8.39. The van der Waals surface area contributed by atoms with Gasteiger partial charge in [-0.2, -0.15) is 5.10 Å². The highest BCUT2D eigenvalue weighted by atomic mass is 35.5. The van der Waals surface area contributed by atoms with Gasteiger partial charge in [0, 0.05) is 22.9 Å². The molecule has 0 aliphatic rings. The minimum atomic E-state index is -0.256. The molecule has 134 valence electrons. The first-order valence-corrected chi connectivity index (χ1v) is 8.77. The molecule has 3 aromatic rings. The second-order valence-corrected chi connectivity index (χ2v) is 6.66. The molecule has 0 fully saturated rings. The van der Waals surface area contributed by atoms with Crippen LogP contribution in [0, 0.1) is 13.8 Å². The maximum atomic E-state index is 12.1. The maximum absolute atomic E-state index is 12.1. The first kappa shape index (κ1) is 18.0. The van der Waals surface area contributed by atoms with Crippen LogP contribution < -0.4 is 10.6 Å². The summed E-state index contributed by atoms with van der Waals surface area (Å²) in [6, 6.07) is 17.0. The fourth-order valence-corrected chi connectivity index (χ4v) is 2.97. The fraction of sp³-hybridized carbons (Fsp3) is 0.200. The highest BCUT2D eigenvalue weighted by Gasteiger charge is 2.05. The van der Waals surface area contributed by atoms with Crippen molar-refractivity contribution in [3.63, 3.8) is 0 Å². The molecule has 2 aromatic carbocycles. The van der Waals surface area contributed by atoms with Crippen molar-refractivity contribution < 1.29 is 4.79 Å². The molecule has 2 N–H and O–H groups in total. The lowest BCUT2D eigenvalue weighted by atomic mass is 10.2. The van der Waals surface area contributed by atoms with Gasteiger partial charge in [-0.05, 0) is 55.3 Å². The summed E-state index contributed by atoms with van der Waals surface area (Å²) in [5.74, 6) is 0. The van der Waals surface area contributed by atoms with Crippen molar-refractivity contribution in [2.45, 2.75) is 26.9 Å². The average Bonchev–Trinajstić information content (AvgIpc) is 2.91. The molecule has 0 unspecified atom stereocenters. The van der Waals surface area contributed by atoms with E-state index in [0.717, 1.165) is 28.2 Å². The number of benzene rings is 2. The summed E-state index contributed by atoms with van der Waals surface area (Å²) in [6.07, 6.45) is 0. The molecular formula is C20H21ClN4O. The smallest absolute Gasteiger partial charge is 0.319 e. The Morgan fingerprint density at radius 2 is 1.85 bits per heavy atom. The summed E-state index contributed by atoms with van der Waals surface area (Å²) in [6.45, 7) is 5.09. The molecule has 0 saturated carbocycles. The summed E-state index contributed by atoms with van der Waals surface area (Å²) in [5.41, 5.74) is 4.87. The number of carbonyl (C=O) groups is 1. The van der Waals surface area contributed by atoms with E-state index in [1.165, 1.54) is 0 Å². The van der Waals surface area contributed by atoms with Gasteiger partial charge in [0.25, 0.3) is 0 Å². The number of rotatable bonds is 5. The maximum Gasteiger partial charge on any atom is 0.319 e. The topological polar surface area (TPSA) is 59.0 Å². The van der Waals surface area contributed by atoms with Gasteiger partial charge in [-0.1, -0.05) is 35.9 Å². The van der Waals surface area contributed by atoms with Crippen LogP contribution in [0.3, 0.4) is 0 Å². The summed E-state index contributed by atoms with van der Waals surface area (Å²) in [4.78, 5) is 12.1. The molecule has 0 saturated heterocycles. The van der Waals surface area contributed by atoms with Crippen LogP contribution >= 0.6 is 11.6 Å². The number of hydrogen-bond acceptors (Lipinski definition) is 2. The molecule has 1 aromatic heterocycles. The van der Waals surface area contributed by atoms with Crippen molar-refractivity contribution in [3.05, 3.63) is 82.1 Å².